The SMILES string of the molecule is C[Si](C)(C)c1ccc(-c2[c-]cccc2)nc1.[2H]C([2H])([2H])c1cnc(-c2[c-]ccc3c2oc2c4[c](ccc23)[Ge]([CH3])([CH3])[c]2ccccc2-4)cc1C([2H])([2H])[2H].[Ir]. The van der Waals surface area contributed by atoms with Crippen LogP contribution in [0, 0.1) is 25.8 Å². The Morgan fingerprint density at radius 1 is 0.723 bits per heavy atom. The second-order valence-corrected chi connectivity index (χ2v) is 27.5. The molecule has 6 heteroatoms. The number of hydrogen-bond acceptors (Lipinski definition) is 3. The summed E-state index contributed by atoms with van der Waals surface area (Å²) >= 11 is -2.47. The van der Waals surface area contributed by atoms with Gasteiger partial charge in [-0.3, -0.25) is 0 Å². The van der Waals surface area contributed by atoms with Gasteiger partial charge in [0.15, 0.2) is 0 Å². The number of fused-ring (bicyclic) bond motifs is 7. The first kappa shape index (κ1) is 26.4. The summed E-state index contributed by atoms with van der Waals surface area (Å²) in [5.74, 6) is 4.79. The van der Waals surface area contributed by atoms with E-state index in [4.69, 9.17) is 12.6 Å². The van der Waals surface area contributed by atoms with Crippen LogP contribution < -0.4 is 14.0 Å². The van der Waals surface area contributed by atoms with Gasteiger partial charge in [0.05, 0.1) is 8.07 Å². The fourth-order valence-electron chi connectivity index (χ4n) is 6.32. The molecule has 1 aliphatic rings. The summed E-state index contributed by atoms with van der Waals surface area (Å²) < 4.78 is 56.4. The molecule has 8 rings (SSSR count). The van der Waals surface area contributed by atoms with Crippen LogP contribution in [0.25, 0.3) is 55.6 Å². The minimum absolute atomic E-state index is 0. The first-order valence-corrected chi connectivity index (χ1v) is 25.2. The van der Waals surface area contributed by atoms with Crippen molar-refractivity contribution in [3.63, 3.8) is 0 Å². The summed E-state index contributed by atoms with van der Waals surface area (Å²) in [5, 5.41) is 3.25. The van der Waals surface area contributed by atoms with E-state index in [0.29, 0.717) is 16.8 Å². The van der Waals surface area contributed by atoms with Crippen LogP contribution in [0.3, 0.4) is 0 Å². The molecule has 0 N–H and O–H groups in total. The van der Waals surface area contributed by atoms with Crippen molar-refractivity contribution in [2.75, 3.05) is 0 Å². The van der Waals surface area contributed by atoms with Crippen LogP contribution in [0.2, 0.25) is 31.2 Å². The molecule has 0 saturated carbocycles. The largest absolute Gasteiger partial charge is 0 e. The second kappa shape index (κ2) is 12.8. The van der Waals surface area contributed by atoms with E-state index in [1.54, 1.807) is 6.07 Å². The standard InChI is InChI=1S/C27H22GeNO.C14H16NSi.Ir/c1-16-14-24(29-15-17(16)2)21-10-7-9-18-19-12-13-23-25(27(19)30-26(18)21)20-8-5-6-11-22(20)28(23,3)4;1-16(2,3)13-9-10-14(15-11-13)12-7-5-4-6-8-12;/h5-9,11-15H,1-4H3;4-7,9-11H,1-3H3;/q2*-1;/i1D3,2D3;;. The van der Waals surface area contributed by atoms with Crippen molar-refractivity contribution >= 4 is 57.3 Å². The van der Waals surface area contributed by atoms with Crippen LogP contribution in [0.5, 0.6) is 0 Å². The Balaban J connectivity index is 0.000000238. The maximum absolute atomic E-state index is 7.92. The van der Waals surface area contributed by atoms with Gasteiger partial charge in [-0.25, -0.2) is 0 Å². The molecule has 3 nitrogen and oxygen atoms in total. The Labute approximate surface area is 303 Å². The van der Waals surface area contributed by atoms with E-state index in [1.807, 2.05) is 36.5 Å². The predicted molar refractivity (Wildman–Crippen MR) is 199 cm³/mol. The molecule has 0 fully saturated rings. The maximum atomic E-state index is 7.92. The van der Waals surface area contributed by atoms with E-state index in [0.717, 1.165) is 39.4 Å². The van der Waals surface area contributed by atoms with Gasteiger partial charge in [-0.05, 0) is 10.9 Å². The monoisotopic (exact) mass is 875 g/mol. The van der Waals surface area contributed by atoms with Crippen LogP contribution in [-0.4, -0.2) is 31.3 Å². The van der Waals surface area contributed by atoms with Gasteiger partial charge in [-0.2, -0.15) is 0 Å². The quantitative estimate of drug-likeness (QED) is 0.132. The van der Waals surface area contributed by atoms with Gasteiger partial charge in [-0.15, -0.1) is 35.9 Å². The predicted octanol–water partition coefficient (Wildman–Crippen LogP) is 8.96. The van der Waals surface area contributed by atoms with Crippen molar-refractivity contribution < 1.29 is 32.7 Å². The van der Waals surface area contributed by atoms with Crippen molar-refractivity contribution in [1.29, 1.82) is 0 Å². The molecule has 1 radical (unpaired) electrons. The third-order valence-electron chi connectivity index (χ3n) is 8.92. The van der Waals surface area contributed by atoms with Gasteiger partial charge in [-0.1, -0.05) is 31.8 Å². The van der Waals surface area contributed by atoms with Gasteiger partial charge < -0.3 is 4.98 Å². The first-order chi connectivity index (χ1) is 24.5. The van der Waals surface area contributed by atoms with Gasteiger partial charge in [0.2, 0.25) is 0 Å². The summed E-state index contributed by atoms with van der Waals surface area (Å²) in [4.78, 5) is 8.87. The number of hydrogen-bond donors (Lipinski definition) is 0. The Bertz CT molecular complexity index is 2460. The third-order valence-corrected chi connectivity index (χ3v) is 18.4. The Hall–Kier alpha value is -3.61. The molecule has 7 aromatic rings. The molecule has 3 aromatic heterocycles. The molecule has 1 aliphatic heterocycles. The summed E-state index contributed by atoms with van der Waals surface area (Å²) in [6.07, 6.45) is 3.16. The second-order valence-electron chi connectivity index (χ2n) is 13.3. The minimum atomic E-state index is -2.61. The van der Waals surface area contributed by atoms with Crippen molar-refractivity contribution in [3.05, 3.63) is 127 Å². The number of aromatic nitrogens is 2. The zero-order valence-corrected chi connectivity index (χ0v) is 32.4. The zero-order chi connectivity index (χ0) is 37.2. The summed E-state index contributed by atoms with van der Waals surface area (Å²) in [6, 6.07) is 36.5. The Morgan fingerprint density at radius 2 is 1.49 bits per heavy atom. The molecule has 4 aromatic carbocycles. The summed E-state index contributed by atoms with van der Waals surface area (Å²) in [5.41, 5.74) is 6.10. The summed E-state index contributed by atoms with van der Waals surface area (Å²) in [6.45, 7) is 1.80. The third kappa shape index (κ3) is 6.00. The molecule has 0 amide bonds. The van der Waals surface area contributed by atoms with Gasteiger partial charge in [0.1, 0.15) is 0 Å². The molecule has 47 heavy (non-hydrogen) atoms. The normalized spacial score (nSPS) is 15.4. The molecule has 4 heterocycles. The topological polar surface area (TPSA) is 38.9 Å². The fourth-order valence-corrected chi connectivity index (χ4v) is 13.8. The van der Waals surface area contributed by atoms with E-state index in [9.17, 15) is 0 Å². The Kier molecular flexibility index (Phi) is 7.16. The number of pyridine rings is 2. The van der Waals surface area contributed by atoms with Gasteiger partial charge >= 0.3 is 187 Å². The fraction of sp³-hybridized carbons (Fsp3) is 0.171. The molecule has 0 atom stereocenters. The number of benzene rings is 4. The average Bonchev–Trinajstić information content (AvgIpc) is 3.60. The number of aryl methyl sites for hydroxylation is 2. The number of nitrogens with zero attached hydrogens (tertiary/aromatic N) is 2. The average molecular weight is 874 g/mol. The molecule has 0 saturated heterocycles. The van der Waals surface area contributed by atoms with Crippen LogP contribution in [-0.2, 0) is 20.1 Å². The Morgan fingerprint density at radius 3 is 2.21 bits per heavy atom. The van der Waals surface area contributed by atoms with Crippen LogP contribution in [0.4, 0.5) is 0 Å². The van der Waals surface area contributed by atoms with Crippen molar-refractivity contribution in [3.8, 4) is 33.6 Å². The number of furan rings is 1. The molecule has 0 bridgehead atoms. The summed E-state index contributed by atoms with van der Waals surface area (Å²) in [7, 11) is -1.23. The smallest absolute Gasteiger partial charge is 0 e. The molecule has 237 valence electrons. The van der Waals surface area contributed by atoms with Gasteiger partial charge in [0, 0.05) is 26.3 Å². The van der Waals surface area contributed by atoms with Crippen LogP contribution >= 0.6 is 0 Å². The molecule has 0 spiro atoms. The van der Waals surface area contributed by atoms with E-state index >= 15 is 0 Å². The van der Waals surface area contributed by atoms with E-state index in [2.05, 4.69) is 102 Å². The van der Waals surface area contributed by atoms with Crippen LogP contribution in [0.1, 0.15) is 19.4 Å². The molecular weight excluding hydrogens is 829 g/mol. The molecule has 0 unspecified atom stereocenters. The van der Waals surface area contributed by atoms with Crippen LogP contribution in [0.15, 0.2) is 108 Å². The zero-order valence-electron chi connectivity index (χ0n) is 33.0. The first-order valence-electron chi connectivity index (χ1n) is 18.4. The molecular formula is C41H38GeIrN2OSi-2. The van der Waals surface area contributed by atoms with Gasteiger partial charge in [0.25, 0.3) is 0 Å². The minimum Gasteiger partial charge on any atom is 0 e. The van der Waals surface area contributed by atoms with Crippen molar-refractivity contribution in [2.24, 2.45) is 0 Å². The van der Waals surface area contributed by atoms with Crippen molar-refractivity contribution in [1.82, 2.24) is 9.97 Å². The van der Waals surface area contributed by atoms with Crippen molar-refractivity contribution in [2.45, 2.75) is 44.9 Å². The number of rotatable bonds is 3. The van der Waals surface area contributed by atoms with E-state index in [-0.39, 0.29) is 31.2 Å². The van der Waals surface area contributed by atoms with E-state index < -0.39 is 35.0 Å². The van der Waals surface area contributed by atoms with E-state index in [1.165, 1.54) is 25.6 Å². The molecule has 0 aliphatic carbocycles. The maximum Gasteiger partial charge on any atom is 0 e.